The van der Waals surface area contributed by atoms with Gasteiger partial charge in [-0.05, 0) is 26.2 Å². The van der Waals surface area contributed by atoms with Crippen LogP contribution in [0.1, 0.15) is 26.2 Å². The zero-order valence-electron chi connectivity index (χ0n) is 10.3. The molecule has 1 N–H and O–H groups in total. The SMILES string of the molecule is CCOC1CC(NC2CCCOC2)C1OC. The lowest BCUT2D eigenvalue weighted by atomic mass is 9.84. The molecule has 0 bridgehead atoms. The van der Waals surface area contributed by atoms with Crippen LogP contribution in [-0.4, -0.2) is 51.2 Å². The van der Waals surface area contributed by atoms with Crippen LogP contribution in [0.4, 0.5) is 0 Å². The minimum absolute atomic E-state index is 0.210. The first kappa shape index (κ1) is 12.3. The van der Waals surface area contributed by atoms with E-state index in [1.54, 1.807) is 7.11 Å². The molecule has 1 heterocycles. The van der Waals surface area contributed by atoms with Crippen molar-refractivity contribution in [3.63, 3.8) is 0 Å². The van der Waals surface area contributed by atoms with Gasteiger partial charge in [-0.3, -0.25) is 0 Å². The van der Waals surface area contributed by atoms with Crippen molar-refractivity contribution < 1.29 is 14.2 Å². The van der Waals surface area contributed by atoms with Gasteiger partial charge in [0.15, 0.2) is 0 Å². The van der Waals surface area contributed by atoms with Crippen LogP contribution >= 0.6 is 0 Å². The number of methoxy groups -OCH3 is 1. The van der Waals surface area contributed by atoms with Gasteiger partial charge in [0.1, 0.15) is 0 Å². The molecule has 4 nitrogen and oxygen atoms in total. The van der Waals surface area contributed by atoms with E-state index in [4.69, 9.17) is 14.2 Å². The predicted molar refractivity (Wildman–Crippen MR) is 61.6 cm³/mol. The van der Waals surface area contributed by atoms with E-state index in [1.807, 2.05) is 6.92 Å². The van der Waals surface area contributed by atoms with Gasteiger partial charge in [0.05, 0.1) is 18.8 Å². The highest BCUT2D eigenvalue weighted by Gasteiger charge is 2.42. The molecule has 2 fully saturated rings. The summed E-state index contributed by atoms with van der Waals surface area (Å²) in [6, 6.07) is 0.937. The summed E-state index contributed by atoms with van der Waals surface area (Å²) in [7, 11) is 1.77. The molecule has 4 heteroatoms. The fraction of sp³-hybridized carbons (Fsp3) is 1.00. The zero-order chi connectivity index (χ0) is 11.4. The summed E-state index contributed by atoms with van der Waals surface area (Å²) in [5.74, 6) is 0. The van der Waals surface area contributed by atoms with Crippen molar-refractivity contribution in [3.8, 4) is 0 Å². The first-order chi connectivity index (χ1) is 7.85. The van der Waals surface area contributed by atoms with Crippen molar-refractivity contribution in [3.05, 3.63) is 0 Å². The maximum Gasteiger partial charge on any atom is 0.0986 e. The molecule has 2 rings (SSSR count). The van der Waals surface area contributed by atoms with Crippen molar-refractivity contribution >= 4 is 0 Å². The third-order valence-corrected chi connectivity index (χ3v) is 3.51. The summed E-state index contributed by atoms with van der Waals surface area (Å²) in [6.07, 6.45) is 3.92. The van der Waals surface area contributed by atoms with Crippen LogP contribution in [-0.2, 0) is 14.2 Å². The van der Waals surface area contributed by atoms with Gasteiger partial charge >= 0.3 is 0 Å². The van der Waals surface area contributed by atoms with E-state index in [0.717, 1.165) is 32.7 Å². The van der Waals surface area contributed by atoms with E-state index in [2.05, 4.69) is 5.32 Å². The van der Waals surface area contributed by atoms with Gasteiger partial charge in [-0.1, -0.05) is 0 Å². The highest BCUT2D eigenvalue weighted by atomic mass is 16.5. The maximum atomic E-state index is 5.60. The van der Waals surface area contributed by atoms with Crippen molar-refractivity contribution in [1.82, 2.24) is 5.32 Å². The highest BCUT2D eigenvalue weighted by Crippen LogP contribution is 2.27. The second-order valence-corrected chi connectivity index (χ2v) is 4.62. The van der Waals surface area contributed by atoms with E-state index in [-0.39, 0.29) is 12.2 Å². The molecule has 1 saturated carbocycles. The van der Waals surface area contributed by atoms with Crippen molar-refractivity contribution in [2.45, 2.75) is 50.5 Å². The van der Waals surface area contributed by atoms with Crippen LogP contribution in [0.15, 0.2) is 0 Å². The summed E-state index contributed by atoms with van der Waals surface area (Å²) >= 11 is 0. The second-order valence-electron chi connectivity index (χ2n) is 4.62. The predicted octanol–water partition coefficient (Wildman–Crippen LogP) is 0.947. The molecule has 0 amide bonds. The van der Waals surface area contributed by atoms with Crippen LogP contribution in [0.2, 0.25) is 0 Å². The van der Waals surface area contributed by atoms with Crippen molar-refractivity contribution in [2.75, 3.05) is 26.9 Å². The number of nitrogens with one attached hydrogen (secondary N) is 1. The molecule has 2 aliphatic rings. The van der Waals surface area contributed by atoms with Crippen molar-refractivity contribution in [1.29, 1.82) is 0 Å². The number of ether oxygens (including phenoxy) is 3. The smallest absolute Gasteiger partial charge is 0.0986 e. The average Bonchev–Trinajstić information content (AvgIpc) is 2.29. The second kappa shape index (κ2) is 5.96. The number of hydrogen-bond acceptors (Lipinski definition) is 4. The molecule has 1 aliphatic carbocycles. The van der Waals surface area contributed by atoms with Crippen LogP contribution in [0.3, 0.4) is 0 Å². The third-order valence-electron chi connectivity index (χ3n) is 3.51. The van der Waals surface area contributed by atoms with E-state index < -0.39 is 0 Å². The van der Waals surface area contributed by atoms with Gasteiger partial charge in [-0.15, -0.1) is 0 Å². The van der Waals surface area contributed by atoms with E-state index in [1.165, 1.54) is 6.42 Å². The van der Waals surface area contributed by atoms with Gasteiger partial charge in [0.25, 0.3) is 0 Å². The Hall–Kier alpha value is -0.160. The standard InChI is InChI=1S/C12H23NO3/c1-3-16-11-7-10(12(11)14-2)13-9-5-4-6-15-8-9/h9-13H,3-8H2,1-2H3. The summed E-state index contributed by atoms with van der Waals surface area (Å²) in [5.41, 5.74) is 0. The van der Waals surface area contributed by atoms with E-state index in [9.17, 15) is 0 Å². The maximum absolute atomic E-state index is 5.60. The van der Waals surface area contributed by atoms with E-state index in [0.29, 0.717) is 12.1 Å². The highest BCUT2D eigenvalue weighted by molar-refractivity contribution is 4.98. The van der Waals surface area contributed by atoms with Gasteiger partial charge < -0.3 is 19.5 Å². The molecule has 94 valence electrons. The number of hydrogen-bond donors (Lipinski definition) is 1. The molecule has 0 spiro atoms. The Kier molecular flexibility index (Phi) is 4.58. The fourth-order valence-electron chi connectivity index (χ4n) is 2.61. The molecule has 0 radical (unpaired) electrons. The van der Waals surface area contributed by atoms with E-state index >= 15 is 0 Å². The number of rotatable bonds is 5. The molecule has 4 unspecified atom stereocenters. The van der Waals surface area contributed by atoms with Crippen molar-refractivity contribution in [2.24, 2.45) is 0 Å². The van der Waals surface area contributed by atoms with Gasteiger partial charge in [-0.2, -0.15) is 0 Å². The Morgan fingerprint density at radius 1 is 1.44 bits per heavy atom. The Morgan fingerprint density at radius 2 is 2.31 bits per heavy atom. The summed E-state index contributed by atoms with van der Waals surface area (Å²) in [4.78, 5) is 0. The Labute approximate surface area is 97.6 Å². The van der Waals surface area contributed by atoms with Gasteiger partial charge in [-0.25, -0.2) is 0 Å². The summed E-state index contributed by atoms with van der Waals surface area (Å²) in [6.45, 7) is 4.55. The van der Waals surface area contributed by atoms with Crippen LogP contribution in [0.25, 0.3) is 0 Å². The van der Waals surface area contributed by atoms with Crippen LogP contribution in [0, 0.1) is 0 Å². The molecule has 1 saturated heterocycles. The lowest BCUT2D eigenvalue weighted by molar-refractivity contribution is -0.135. The molecule has 0 aromatic carbocycles. The minimum atomic E-state index is 0.210. The average molecular weight is 229 g/mol. The Balaban J connectivity index is 1.73. The summed E-state index contributed by atoms with van der Waals surface area (Å²) < 4.78 is 16.5. The zero-order valence-corrected chi connectivity index (χ0v) is 10.3. The molecular weight excluding hydrogens is 206 g/mol. The molecule has 1 aliphatic heterocycles. The molecular formula is C12H23NO3. The molecule has 4 atom stereocenters. The normalized spacial score (nSPS) is 39.4. The lowest BCUT2D eigenvalue weighted by Gasteiger charge is -2.45. The topological polar surface area (TPSA) is 39.7 Å². The largest absolute Gasteiger partial charge is 0.380 e. The summed E-state index contributed by atoms with van der Waals surface area (Å²) in [5, 5.41) is 3.61. The molecule has 0 aromatic rings. The minimum Gasteiger partial charge on any atom is -0.380 e. The van der Waals surface area contributed by atoms with Crippen LogP contribution in [0.5, 0.6) is 0 Å². The first-order valence-corrected chi connectivity index (χ1v) is 6.33. The lowest BCUT2D eigenvalue weighted by Crippen LogP contribution is -2.62. The quantitative estimate of drug-likeness (QED) is 0.762. The fourth-order valence-corrected chi connectivity index (χ4v) is 2.61. The Bertz CT molecular complexity index is 206. The molecule has 16 heavy (non-hydrogen) atoms. The Morgan fingerprint density at radius 3 is 2.94 bits per heavy atom. The monoisotopic (exact) mass is 229 g/mol. The third kappa shape index (κ3) is 2.74. The first-order valence-electron chi connectivity index (χ1n) is 6.33. The van der Waals surface area contributed by atoms with Crippen LogP contribution < -0.4 is 5.32 Å². The molecule has 0 aromatic heterocycles. The van der Waals surface area contributed by atoms with Gasteiger partial charge in [0.2, 0.25) is 0 Å². The van der Waals surface area contributed by atoms with Gasteiger partial charge in [0, 0.05) is 32.4 Å².